The van der Waals surface area contributed by atoms with Gasteiger partial charge in [0, 0.05) is 25.2 Å². The maximum absolute atomic E-state index is 14.2. The number of benzene rings is 3. The molecule has 0 spiro atoms. The van der Waals surface area contributed by atoms with Crippen molar-refractivity contribution in [3.8, 4) is 5.75 Å². The van der Waals surface area contributed by atoms with Crippen LogP contribution in [0.3, 0.4) is 0 Å². The van der Waals surface area contributed by atoms with Crippen molar-refractivity contribution in [3.05, 3.63) is 99.4 Å². The normalized spacial score (nSPS) is 14.6. The lowest BCUT2D eigenvalue weighted by atomic mass is 9.81. The lowest BCUT2D eigenvalue weighted by Gasteiger charge is -2.39. The first kappa shape index (κ1) is 27.3. The first-order valence-electron chi connectivity index (χ1n) is 12.9. The van der Waals surface area contributed by atoms with Crippen LogP contribution in [0, 0.1) is 26.6 Å². The highest BCUT2D eigenvalue weighted by Gasteiger charge is 2.37. The van der Waals surface area contributed by atoms with Gasteiger partial charge in [-0.05, 0) is 80.5 Å². The molecule has 1 heterocycles. The van der Waals surface area contributed by atoms with Gasteiger partial charge in [-0.3, -0.25) is 9.59 Å². The minimum absolute atomic E-state index is 0.0654. The van der Waals surface area contributed by atoms with Crippen molar-refractivity contribution in [1.29, 1.82) is 0 Å². The van der Waals surface area contributed by atoms with Gasteiger partial charge in [0.2, 0.25) is 0 Å². The lowest BCUT2D eigenvalue weighted by molar-refractivity contribution is -0.136. The Kier molecular flexibility index (Phi) is 8.47. The van der Waals surface area contributed by atoms with Crippen LogP contribution in [0.5, 0.6) is 5.75 Å². The van der Waals surface area contributed by atoms with Crippen LogP contribution >= 0.6 is 0 Å². The molecule has 0 unspecified atom stereocenters. The number of carboxylic acids is 1. The van der Waals surface area contributed by atoms with Crippen molar-refractivity contribution in [1.82, 2.24) is 5.32 Å². The van der Waals surface area contributed by atoms with E-state index in [-0.39, 0.29) is 31.1 Å². The zero-order chi connectivity index (χ0) is 27.3. The molecule has 2 N–H and O–H groups in total. The molecule has 3 aromatic rings. The highest BCUT2D eigenvalue weighted by atomic mass is 19.1. The Morgan fingerprint density at radius 1 is 0.974 bits per heavy atom. The third-order valence-electron chi connectivity index (χ3n) is 6.98. The number of rotatable bonds is 9. The maximum atomic E-state index is 14.2. The molecule has 1 aliphatic rings. The van der Waals surface area contributed by atoms with Gasteiger partial charge >= 0.3 is 5.97 Å². The molecule has 7 heteroatoms. The summed E-state index contributed by atoms with van der Waals surface area (Å²) in [6, 6.07) is 16.2. The predicted octanol–water partition coefficient (Wildman–Crippen LogP) is 5.78. The monoisotopic (exact) mass is 519 g/mol. The fourth-order valence-corrected chi connectivity index (χ4v) is 5.01. The standard InChI is InChI=1S/C31H34FNO5/c1-20-4-8-27(32)28(17-20)38-19-23-5-6-24(7-9-29(34)35)26(18-23)30(36)33-31(10-12-37-13-11-31)25-15-21(2)14-22(3)16-25/h4-6,8,14-18H,7,9-13,19H2,1-3H3,(H,33,36)(H,34,35). The molecule has 1 amide bonds. The summed E-state index contributed by atoms with van der Waals surface area (Å²) >= 11 is 0. The lowest BCUT2D eigenvalue weighted by Crippen LogP contribution is -2.49. The number of carbonyl (C=O) groups excluding carboxylic acids is 1. The van der Waals surface area contributed by atoms with Crippen LogP contribution in [0.1, 0.15) is 63.0 Å². The Labute approximate surface area is 222 Å². The second-order valence-electron chi connectivity index (χ2n) is 10.1. The van der Waals surface area contributed by atoms with Crippen LogP contribution in [-0.2, 0) is 28.1 Å². The van der Waals surface area contributed by atoms with E-state index in [0.717, 1.165) is 22.3 Å². The van der Waals surface area contributed by atoms with E-state index in [1.807, 2.05) is 20.8 Å². The van der Waals surface area contributed by atoms with Crippen LogP contribution in [0.2, 0.25) is 0 Å². The molecular weight excluding hydrogens is 485 g/mol. The van der Waals surface area contributed by atoms with Crippen LogP contribution in [-0.4, -0.2) is 30.2 Å². The van der Waals surface area contributed by atoms with E-state index < -0.39 is 17.3 Å². The van der Waals surface area contributed by atoms with Crippen molar-refractivity contribution in [3.63, 3.8) is 0 Å². The minimum atomic E-state index is -0.935. The molecule has 1 fully saturated rings. The van der Waals surface area contributed by atoms with Crippen LogP contribution in [0.25, 0.3) is 0 Å². The van der Waals surface area contributed by atoms with E-state index in [1.54, 1.807) is 30.3 Å². The average molecular weight is 520 g/mol. The summed E-state index contributed by atoms with van der Waals surface area (Å²) in [7, 11) is 0. The summed E-state index contributed by atoms with van der Waals surface area (Å²) in [5.74, 6) is -1.53. The Hall–Kier alpha value is -3.71. The number of aryl methyl sites for hydroxylation is 4. The summed E-state index contributed by atoms with van der Waals surface area (Å²) < 4.78 is 25.5. The highest BCUT2D eigenvalue weighted by Crippen LogP contribution is 2.34. The Balaban J connectivity index is 1.65. The molecule has 1 aliphatic heterocycles. The molecule has 38 heavy (non-hydrogen) atoms. The third kappa shape index (κ3) is 6.58. The number of hydrogen-bond donors (Lipinski definition) is 2. The zero-order valence-corrected chi connectivity index (χ0v) is 22.1. The number of aliphatic carboxylic acids is 1. The molecule has 0 saturated carbocycles. The van der Waals surface area contributed by atoms with Crippen LogP contribution < -0.4 is 10.1 Å². The van der Waals surface area contributed by atoms with Gasteiger partial charge in [0.15, 0.2) is 11.6 Å². The Morgan fingerprint density at radius 3 is 2.37 bits per heavy atom. The van der Waals surface area contributed by atoms with E-state index in [2.05, 4.69) is 23.5 Å². The molecule has 1 saturated heterocycles. The highest BCUT2D eigenvalue weighted by molar-refractivity contribution is 5.96. The largest absolute Gasteiger partial charge is 0.486 e. The number of hydrogen-bond acceptors (Lipinski definition) is 4. The Morgan fingerprint density at radius 2 is 1.68 bits per heavy atom. The second kappa shape index (κ2) is 11.8. The smallest absolute Gasteiger partial charge is 0.303 e. The van der Waals surface area contributed by atoms with Crippen molar-refractivity contribution in [2.45, 2.75) is 58.6 Å². The average Bonchev–Trinajstić information content (AvgIpc) is 2.88. The molecule has 6 nitrogen and oxygen atoms in total. The topological polar surface area (TPSA) is 84.9 Å². The fraction of sp³-hybridized carbons (Fsp3) is 0.355. The van der Waals surface area contributed by atoms with E-state index in [1.165, 1.54) is 6.07 Å². The molecule has 0 aromatic heterocycles. The van der Waals surface area contributed by atoms with Gasteiger partial charge in [-0.15, -0.1) is 0 Å². The summed E-state index contributed by atoms with van der Waals surface area (Å²) in [4.78, 5) is 25.1. The number of nitrogens with one attached hydrogen (secondary N) is 1. The summed E-state index contributed by atoms with van der Waals surface area (Å²) in [6.45, 7) is 7.04. The van der Waals surface area contributed by atoms with Crippen molar-refractivity contribution in [2.75, 3.05) is 13.2 Å². The maximum Gasteiger partial charge on any atom is 0.303 e. The van der Waals surface area contributed by atoms with Gasteiger partial charge in [0.25, 0.3) is 5.91 Å². The summed E-state index contributed by atoms with van der Waals surface area (Å²) in [6.07, 6.45) is 1.37. The van der Waals surface area contributed by atoms with E-state index in [4.69, 9.17) is 9.47 Å². The Bertz CT molecular complexity index is 1310. The first-order chi connectivity index (χ1) is 18.1. The number of carboxylic acid groups (broad SMARTS) is 1. The van der Waals surface area contributed by atoms with Crippen molar-refractivity contribution >= 4 is 11.9 Å². The number of amides is 1. The minimum Gasteiger partial charge on any atom is -0.486 e. The van der Waals surface area contributed by atoms with Crippen LogP contribution in [0.15, 0.2) is 54.6 Å². The van der Waals surface area contributed by atoms with E-state index >= 15 is 0 Å². The number of ether oxygens (including phenoxy) is 2. The molecule has 0 aliphatic carbocycles. The van der Waals surface area contributed by atoms with Gasteiger partial charge in [-0.2, -0.15) is 0 Å². The molecule has 200 valence electrons. The van der Waals surface area contributed by atoms with Gasteiger partial charge in [0.05, 0.1) is 5.54 Å². The van der Waals surface area contributed by atoms with Crippen molar-refractivity contribution in [2.24, 2.45) is 0 Å². The van der Waals surface area contributed by atoms with Gasteiger partial charge in [0.1, 0.15) is 6.61 Å². The molecule has 3 aromatic carbocycles. The van der Waals surface area contributed by atoms with Crippen LogP contribution in [0.4, 0.5) is 4.39 Å². The zero-order valence-electron chi connectivity index (χ0n) is 22.1. The number of carbonyl (C=O) groups is 2. The predicted molar refractivity (Wildman–Crippen MR) is 143 cm³/mol. The third-order valence-corrected chi connectivity index (χ3v) is 6.98. The number of halogens is 1. The molecule has 4 rings (SSSR count). The first-order valence-corrected chi connectivity index (χ1v) is 12.9. The second-order valence-corrected chi connectivity index (χ2v) is 10.1. The molecule has 0 radical (unpaired) electrons. The van der Waals surface area contributed by atoms with E-state index in [0.29, 0.717) is 42.7 Å². The molecular formula is C31H34FNO5. The van der Waals surface area contributed by atoms with Gasteiger partial charge in [-0.25, -0.2) is 4.39 Å². The summed E-state index contributed by atoms with van der Waals surface area (Å²) in [5.41, 5.74) is 5.25. The fourth-order valence-electron chi connectivity index (χ4n) is 5.01. The quantitative estimate of drug-likeness (QED) is 0.374. The molecule has 0 atom stereocenters. The van der Waals surface area contributed by atoms with Gasteiger partial charge < -0.3 is 19.9 Å². The van der Waals surface area contributed by atoms with E-state index in [9.17, 15) is 19.1 Å². The van der Waals surface area contributed by atoms with Crippen molar-refractivity contribution < 1.29 is 28.6 Å². The molecule has 0 bridgehead atoms. The van der Waals surface area contributed by atoms with Gasteiger partial charge in [-0.1, -0.05) is 47.5 Å². The summed E-state index contributed by atoms with van der Waals surface area (Å²) in [5, 5.41) is 12.5. The SMILES string of the molecule is Cc1cc(C)cc(C2(NC(=O)c3cc(COc4cc(C)ccc4F)ccc3CCC(=O)O)CCOCC2)c1.